The Morgan fingerprint density at radius 3 is 2.62 bits per heavy atom. The zero-order chi connectivity index (χ0) is 30.0. The van der Waals surface area contributed by atoms with E-state index in [1.165, 1.54) is 18.2 Å². The highest BCUT2D eigenvalue weighted by Crippen LogP contribution is 2.68. The van der Waals surface area contributed by atoms with Crippen LogP contribution in [0.4, 0.5) is 11.4 Å². The fourth-order valence-corrected chi connectivity index (χ4v) is 10.3. The van der Waals surface area contributed by atoms with Gasteiger partial charge in [0.05, 0.1) is 22.6 Å². The molecule has 0 bridgehead atoms. The number of aromatic hydroxyl groups is 1. The molecule has 1 aromatic heterocycles. The molecule has 0 aliphatic heterocycles. The largest absolute Gasteiger partial charge is 0.493 e. The molecule has 1 amide bonds. The van der Waals surface area contributed by atoms with Crippen molar-refractivity contribution in [3.05, 3.63) is 28.3 Å². The first-order chi connectivity index (χ1) is 19.9. The van der Waals surface area contributed by atoms with Crippen LogP contribution in [0.15, 0.2) is 28.4 Å². The predicted molar refractivity (Wildman–Crippen MR) is 157 cm³/mol. The van der Waals surface area contributed by atoms with E-state index in [-0.39, 0.29) is 52.6 Å². The number of carbonyl (C=O) groups is 1. The van der Waals surface area contributed by atoms with Gasteiger partial charge in [-0.25, -0.2) is 0 Å². The number of nitrogens with zero attached hydrogens (tertiary/aromatic N) is 3. The first-order valence-electron chi connectivity index (χ1n) is 15.7. The fourth-order valence-electron chi connectivity index (χ4n) is 10.3. The molecular weight excluding hydrogens is 536 g/mol. The summed E-state index contributed by atoms with van der Waals surface area (Å²) in [5.74, 6) is 1.88. The molecule has 0 unspecified atom stereocenters. The summed E-state index contributed by atoms with van der Waals surface area (Å²) in [7, 11) is 0. The van der Waals surface area contributed by atoms with Crippen molar-refractivity contribution >= 4 is 28.2 Å². The summed E-state index contributed by atoms with van der Waals surface area (Å²) in [6.45, 7) is 7.11. The SMILES string of the molecule is C[C@H](CCC(=O)N=Nc1c(O)[nH]c2cc([N+](=O)[O-])ccc12)[C@@H]1CC[C@@H]2[C@@H]3[C@H](O)C[C@@H]4C[C@H](O)CC[C@]4(C)[C@H]3CC[C@@]21C. The van der Waals surface area contributed by atoms with Crippen LogP contribution in [0.5, 0.6) is 5.88 Å². The molecule has 1 aromatic carbocycles. The predicted octanol–water partition coefficient (Wildman–Crippen LogP) is 6.80. The summed E-state index contributed by atoms with van der Waals surface area (Å²) in [5, 5.41) is 51.4. The number of benzene rings is 1. The zero-order valence-electron chi connectivity index (χ0n) is 24.8. The quantitative estimate of drug-likeness (QED) is 0.167. The lowest BCUT2D eigenvalue weighted by molar-refractivity contribution is -0.384. The fraction of sp³-hybridized carbons (Fsp3) is 0.719. The average Bonchev–Trinajstić information content (AvgIpc) is 3.46. The van der Waals surface area contributed by atoms with Crippen molar-refractivity contribution in [1.29, 1.82) is 0 Å². The van der Waals surface area contributed by atoms with E-state index in [0.717, 1.165) is 51.4 Å². The van der Waals surface area contributed by atoms with Crippen molar-refractivity contribution < 1.29 is 25.0 Å². The molecule has 42 heavy (non-hydrogen) atoms. The number of aliphatic hydroxyl groups excluding tert-OH is 2. The number of rotatable bonds is 6. The summed E-state index contributed by atoms with van der Waals surface area (Å²) >= 11 is 0. The van der Waals surface area contributed by atoms with Gasteiger partial charge in [-0.2, -0.15) is 0 Å². The minimum atomic E-state index is -0.516. The number of aromatic nitrogens is 1. The van der Waals surface area contributed by atoms with Gasteiger partial charge in [-0.05, 0) is 110 Å². The lowest BCUT2D eigenvalue weighted by Gasteiger charge is -2.62. The van der Waals surface area contributed by atoms with Gasteiger partial charge in [-0.1, -0.05) is 20.8 Å². The highest BCUT2D eigenvalue weighted by Gasteiger charge is 2.62. The average molecular weight is 581 g/mol. The summed E-state index contributed by atoms with van der Waals surface area (Å²) in [4.78, 5) is 25.9. The maximum Gasteiger partial charge on any atom is 0.271 e. The Morgan fingerprint density at radius 2 is 1.86 bits per heavy atom. The van der Waals surface area contributed by atoms with Crippen LogP contribution in [-0.4, -0.2) is 43.3 Å². The van der Waals surface area contributed by atoms with E-state index >= 15 is 0 Å². The maximum absolute atomic E-state index is 12.7. The normalized spacial score (nSPS) is 38.6. The van der Waals surface area contributed by atoms with Gasteiger partial charge in [0.1, 0.15) is 0 Å². The van der Waals surface area contributed by atoms with E-state index < -0.39 is 4.92 Å². The molecule has 228 valence electrons. The number of hydrogen-bond acceptors (Lipinski definition) is 7. The molecule has 4 aliphatic rings. The molecule has 6 rings (SSSR count). The van der Waals surface area contributed by atoms with Crippen LogP contribution < -0.4 is 0 Å². The Bertz CT molecular complexity index is 1410. The molecule has 4 N–H and O–H groups in total. The molecule has 4 aliphatic carbocycles. The van der Waals surface area contributed by atoms with Crippen LogP contribution in [0.25, 0.3) is 10.9 Å². The lowest BCUT2D eigenvalue weighted by Crippen LogP contribution is -2.58. The Kier molecular flexibility index (Phi) is 7.45. The highest BCUT2D eigenvalue weighted by atomic mass is 16.6. The molecule has 10 heteroatoms. The molecule has 10 atom stereocenters. The summed E-state index contributed by atoms with van der Waals surface area (Å²) < 4.78 is 0. The zero-order valence-corrected chi connectivity index (χ0v) is 24.8. The Morgan fingerprint density at radius 1 is 1.12 bits per heavy atom. The molecule has 4 fully saturated rings. The van der Waals surface area contributed by atoms with Gasteiger partial charge in [-0.15, -0.1) is 10.2 Å². The minimum absolute atomic E-state index is 0.0960. The van der Waals surface area contributed by atoms with E-state index in [1.54, 1.807) is 0 Å². The lowest BCUT2D eigenvalue weighted by atomic mass is 9.43. The second kappa shape index (κ2) is 10.7. The molecule has 1 heterocycles. The Hall–Kier alpha value is -2.85. The molecular formula is C32H44N4O6. The van der Waals surface area contributed by atoms with Crippen molar-refractivity contribution in [1.82, 2.24) is 4.98 Å². The number of hydrogen-bond donors (Lipinski definition) is 4. The summed E-state index contributed by atoms with van der Waals surface area (Å²) in [6.07, 6.45) is 8.52. The third kappa shape index (κ3) is 4.75. The standard InChI is InChI=1S/C32H44N4O6/c1-17(4-9-27(39)34-35-29-21-6-5-19(36(41)42)16-25(21)33-30(29)40)22-7-8-23-28-24(11-13-32(22,23)3)31(2)12-10-20(37)14-18(31)15-26(28)38/h5-6,16-18,20,22-24,26,28,33,37-38,40H,4,7-15H2,1-3H3/t17-,18+,20-,22+,23-,24+,26-,28+,31+,32-/m1/s1. The van der Waals surface area contributed by atoms with Gasteiger partial charge in [0, 0.05) is 23.9 Å². The first kappa shape index (κ1) is 29.2. The molecule has 2 aromatic rings. The van der Waals surface area contributed by atoms with E-state index in [9.17, 15) is 30.2 Å². The van der Waals surface area contributed by atoms with Crippen molar-refractivity contribution in [3.63, 3.8) is 0 Å². The molecule has 10 nitrogen and oxygen atoms in total. The number of aliphatic hydroxyl groups is 2. The highest BCUT2D eigenvalue weighted by molar-refractivity contribution is 5.95. The molecule has 0 saturated heterocycles. The number of aromatic amines is 1. The number of H-pyrrole nitrogens is 1. The monoisotopic (exact) mass is 580 g/mol. The van der Waals surface area contributed by atoms with Crippen LogP contribution in [0.1, 0.15) is 85.0 Å². The van der Waals surface area contributed by atoms with Crippen molar-refractivity contribution in [3.8, 4) is 5.88 Å². The van der Waals surface area contributed by atoms with Crippen LogP contribution in [0, 0.1) is 56.5 Å². The topological polar surface area (TPSA) is 161 Å². The van der Waals surface area contributed by atoms with E-state index in [0.29, 0.717) is 52.8 Å². The van der Waals surface area contributed by atoms with Gasteiger partial charge in [0.15, 0.2) is 5.69 Å². The smallest absolute Gasteiger partial charge is 0.271 e. The van der Waals surface area contributed by atoms with E-state index in [2.05, 4.69) is 36.0 Å². The number of fused-ring (bicyclic) bond motifs is 6. The molecule has 0 radical (unpaired) electrons. The minimum Gasteiger partial charge on any atom is -0.493 e. The number of nitrogens with one attached hydrogen (secondary N) is 1. The van der Waals surface area contributed by atoms with Gasteiger partial charge in [0.25, 0.3) is 11.6 Å². The van der Waals surface area contributed by atoms with Crippen LogP contribution in [0.2, 0.25) is 0 Å². The number of carbonyl (C=O) groups excluding carboxylic acids is 1. The summed E-state index contributed by atoms with van der Waals surface area (Å²) in [5.41, 5.74) is 0.684. The second-order valence-corrected chi connectivity index (χ2v) is 14.4. The van der Waals surface area contributed by atoms with Crippen molar-refractivity contribution in [2.24, 2.45) is 56.6 Å². The number of amides is 1. The molecule has 4 saturated carbocycles. The Balaban J connectivity index is 1.10. The third-order valence-electron chi connectivity index (χ3n) is 12.4. The summed E-state index contributed by atoms with van der Waals surface area (Å²) in [6, 6.07) is 4.12. The van der Waals surface area contributed by atoms with Gasteiger partial charge in [0.2, 0.25) is 5.88 Å². The Labute approximate surface area is 246 Å². The number of nitro groups is 1. The van der Waals surface area contributed by atoms with Gasteiger partial charge >= 0.3 is 0 Å². The van der Waals surface area contributed by atoms with E-state index in [4.69, 9.17) is 0 Å². The molecule has 0 spiro atoms. The maximum atomic E-state index is 12.7. The van der Waals surface area contributed by atoms with E-state index in [1.807, 2.05) is 0 Å². The second-order valence-electron chi connectivity index (χ2n) is 14.4. The van der Waals surface area contributed by atoms with Crippen LogP contribution in [-0.2, 0) is 4.79 Å². The van der Waals surface area contributed by atoms with Crippen LogP contribution in [0.3, 0.4) is 0 Å². The van der Waals surface area contributed by atoms with Crippen molar-refractivity contribution in [2.75, 3.05) is 0 Å². The van der Waals surface area contributed by atoms with Gasteiger partial charge in [-0.3, -0.25) is 14.9 Å². The van der Waals surface area contributed by atoms with Crippen LogP contribution >= 0.6 is 0 Å². The number of azo groups is 1. The third-order valence-corrected chi connectivity index (χ3v) is 12.4. The first-order valence-corrected chi connectivity index (χ1v) is 15.7. The van der Waals surface area contributed by atoms with Gasteiger partial charge < -0.3 is 20.3 Å². The number of non-ortho nitro benzene ring substituents is 1. The van der Waals surface area contributed by atoms with Crippen molar-refractivity contribution in [2.45, 2.75) is 97.2 Å². The number of nitro benzene ring substituents is 1.